The number of hydrogen-bond acceptors (Lipinski definition) is 4. The summed E-state index contributed by atoms with van der Waals surface area (Å²) in [6.07, 6.45) is 0. The molecule has 0 fully saturated rings. The Balaban J connectivity index is 3.05. The molecule has 0 bridgehead atoms. The van der Waals surface area contributed by atoms with E-state index in [-0.39, 0.29) is 17.7 Å². The number of benzene rings is 1. The maximum atomic E-state index is 9.65. The molecule has 0 aliphatic heterocycles. The Kier molecular flexibility index (Phi) is 6.18. The summed E-state index contributed by atoms with van der Waals surface area (Å²) in [5.74, 6) is 5.34. The van der Waals surface area contributed by atoms with Gasteiger partial charge in [-0.25, -0.2) is 0 Å². The second kappa shape index (κ2) is 7.28. The van der Waals surface area contributed by atoms with E-state index in [1.54, 1.807) is 19.9 Å². The molecule has 0 saturated carbocycles. The molecule has 0 radical (unpaired) electrons. The van der Waals surface area contributed by atoms with Crippen molar-refractivity contribution in [3.8, 4) is 11.8 Å². The standard InChI is InChI=1S/C17H23BrN2O2/c1-16(2,11-21)10-20-15-9-12(18)5-6-13(15)14(19)7-8-17(3,4)22/h5-6,9,19-22H,10-11H2,1-4H3. The molecule has 0 atom stereocenters. The van der Waals surface area contributed by atoms with Crippen LogP contribution in [-0.4, -0.2) is 34.7 Å². The Morgan fingerprint density at radius 2 is 1.95 bits per heavy atom. The van der Waals surface area contributed by atoms with E-state index < -0.39 is 5.60 Å². The van der Waals surface area contributed by atoms with Gasteiger partial charge in [0.1, 0.15) is 11.3 Å². The molecule has 0 amide bonds. The topological polar surface area (TPSA) is 76.3 Å². The van der Waals surface area contributed by atoms with Gasteiger partial charge in [-0.15, -0.1) is 0 Å². The first-order valence-corrected chi connectivity index (χ1v) is 7.82. The van der Waals surface area contributed by atoms with Crippen LogP contribution in [0.15, 0.2) is 22.7 Å². The molecule has 0 aromatic heterocycles. The Morgan fingerprint density at radius 3 is 2.50 bits per heavy atom. The predicted octanol–water partition coefficient (Wildman–Crippen LogP) is 3.02. The number of halogens is 1. The summed E-state index contributed by atoms with van der Waals surface area (Å²) in [4.78, 5) is 0. The molecule has 4 nitrogen and oxygen atoms in total. The van der Waals surface area contributed by atoms with Gasteiger partial charge in [-0.2, -0.15) is 0 Å². The molecule has 1 aromatic rings. The first kappa shape index (κ1) is 18.7. The third-order valence-electron chi connectivity index (χ3n) is 2.93. The van der Waals surface area contributed by atoms with Crippen molar-refractivity contribution in [1.29, 1.82) is 5.41 Å². The highest BCUT2D eigenvalue weighted by atomic mass is 79.9. The van der Waals surface area contributed by atoms with E-state index in [9.17, 15) is 10.2 Å². The van der Waals surface area contributed by atoms with Crippen LogP contribution in [0.1, 0.15) is 33.3 Å². The highest BCUT2D eigenvalue weighted by Gasteiger charge is 2.17. The average Bonchev–Trinajstić information content (AvgIpc) is 2.42. The second-order valence-corrected chi connectivity index (χ2v) is 7.47. The minimum absolute atomic E-state index is 0.0687. The SMILES string of the molecule is CC(C)(O)C#CC(=N)c1ccc(Br)cc1NCC(C)(C)CO. The van der Waals surface area contributed by atoms with Crippen molar-refractivity contribution < 1.29 is 10.2 Å². The van der Waals surface area contributed by atoms with Crippen molar-refractivity contribution in [1.82, 2.24) is 0 Å². The Bertz CT molecular complexity index is 607. The average molecular weight is 367 g/mol. The van der Waals surface area contributed by atoms with E-state index in [1.165, 1.54) is 0 Å². The molecule has 0 aliphatic rings. The number of hydrogen-bond donors (Lipinski definition) is 4. The molecule has 0 heterocycles. The number of aliphatic hydroxyl groups is 2. The van der Waals surface area contributed by atoms with Gasteiger partial charge in [-0.1, -0.05) is 35.7 Å². The van der Waals surface area contributed by atoms with Gasteiger partial charge in [0.2, 0.25) is 0 Å². The minimum Gasteiger partial charge on any atom is -0.396 e. The summed E-state index contributed by atoms with van der Waals surface area (Å²) in [5, 5.41) is 30.4. The van der Waals surface area contributed by atoms with Crippen LogP contribution < -0.4 is 5.32 Å². The molecule has 0 spiro atoms. The zero-order valence-electron chi connectivity index (χ0n) is 13.4. The smallest absolute Gasteiger partial charge is 0.120 e. The summed E-state index contributed by atoms with van der Waals surface area (Å²) < 4.78 is 0.892. The van der Waals surface area contributed by atoms with Crippen molar-refractivity contribution in [2.75, 3.05) is 18.5 Å². The van der Waals surface area contributed by atoms with Crippen molar-refractivity contribution in [3.05, 3.63) is 28.2 Å². The quantitative estimate of drug-likeness (QED) is 0.477. The van der Waals surface area contributed by atoms with Crippen molar-refractivity contribution in [2.45, 2.75) is 33.3 Å². The van der Waals surface area contributed by atoms with Crippen LogP contribution in [0.4, 0.5) is 5.69 Å². The van der Waals surface area contributed by atoms with Gasteiger partial charge in [0.25, 0.3) is 0 Å². The van der Waals surface area contributed by atoms with Gasteiger partial charge < -0.3 is 15.5 Å². The maximum absolute atomic E-state index is 9.65. The third kappa shape index (κ3) is 6.18. The molecule has 0 saturated heterocycles. The summed E-state index contributed by atoms with van der Waals surface area (Å²) in [5.41, 5.74) is 0.174. The van der Waals surface area contributed by atoms with Gasteiger partial charge in [-0.3, -0.25) is 5.41 Å². The molecule has 0 aliphatic carbocycles. The van der Waals surface area contributed by atoms with Gasteiger partial charge in [-0.05, 0) is 38.0 Å². The van der Waals surface area contributed by atoms with E-state index in [4.69, 9.17) is 5.41 Å². The largest absolute Gasteiger partial charge is 0.396 e. The van der Waals surface area contributed by atoms with Crippen molar-refractivity contribution in [2.24, 2.45) is 5.41 Å². The molecule has 1 aromatic carbocycles. The van der Waals surface area contributed by atoms with E-state index in [1.807, 2.05) is 26.0 Å². The number of rotatable bonds is 5. The summed E-state index contributed by atoms with van der Waals surface area (Å²) in [6, 6.07) is 5.53. The minimum atomic E-state index is -1.13. The van der Waals surface area contributed by atoms with E-state index in [2.05, 4.69) is 33.1 Å². The first-order valence-electron chi connectivity index (χ1n) is 7.03. The summed E-state index contributed by atoms with van der Waals surface area (Å²) >= 11 is 3.42. The zero-order valence-corrected chi connectivity index (χ0v) is 15.0. The van der Waals surface area contributed by atoms with Crippen LogP contribution in [0.2, 0.25) is 0 Å². The first-order chi connectivity index (χ1) is 10.0. The second-order valence-electron chi connectivity index (χ2n) is 6.55. The Hall–Kier alpha value is -1.35. The fourth-order valence-corrected chi connectivity index (χ4v) is 1.92. The monoisotopic (exact) mass is 366 g/mol. The van der Waals surface area contributed by atoms with Crippen LogP contribution in [0.5, 0.6) is 0 Å². The number of aliphatic hydroxyl groups excluding tert-OH is 1. The van der Waals surface area contributed by atoms with E-state index in [0.29, 0.717) is 12.1 Å². The molecule has 1 rings (SSSR count). The normalized spacial score (nSPS) is 11.6. The van der Waals surface area contributed by atoms with E-state index >= 15 is 0 Å². The molecular weight excluding hydrogens is 344 g/mol. The van der Waals surface area contributed by atoms with E-state index in [0.717, 1.165) is 10.2 Å². The number of nitrogens with one attached hydrogen (secondary N) is 2. The Labute approximate surface area is 140 Å². The van der Waals surface area contributed by atoms with Crippen LogP contribution >= 0.6 is 15.9 Å². The highest BCUT2D eigenvalue weighted by Crippen LogP contribution is 2.24. The van der Waals surface area contributed by atoms with Gasteiger partial charge in [0, 0.05) is 34.3 Å². The molecular formula is C17H23BrN2O2. The fraction of sp³-hybridized carbons (Fsp3) is 0.471. The lowest BCUT2D eigenvalue weighted by Crippen LogP contribution is -2.27. The van der Waals surface area contributed by atoms with Gasteiger partial charge in [0.05, 0.1) is 0 Å². The molecule has 120 valence electrons. The lowest BCUT2D eigenvalue weighted by atomic mass is 9.94. The fourth-order valence-electron chi connectivity index (χ4n) is 1.55. The zero-order chi connectivity index (χ0) is 17.0. The molecule has 4 N–H and O–H groups in total. The number of anilines is 1. The van der Waals surface area contributed by atoms with Gasteiger partial charge in [0.15, 0.2) is 0 Å². The van der Waals surface area contributed by atoms with Crippen molar-refractivity contribution in [3.63, 3.8) is 0 Å². The maximum Gasteiger partial charge on any atom is 0.120 e. The van der Waals surface area contributed by atoms with Crippen LogP contribution in [0.3, 0.4) is 0 Å². The summed E-state index contributed by atoms with van der Waals surface area (Å²) in [7, 11) is 0. The third-order valence-corrected chi connectivity index (χ3v) is 3.42. The van der Waals surface area contributed by atoms with Crippen molar-refractivity contribution >= 4 is 27.3 Å². The van der Waals surface area contributed by atoms with Gasteiger partial charge >= 0.3 is 0 Å². The van der Waals surface area contributed by atoms with Crippen LogP contribution in [0.25, 0.3) is 0 Å². The lowest BCUT2D eigenvalue weighted by Gasteiger charge is -2.23. The van der Waals surface area contributed by atoms with Crippen LogP contribution in [-0.2, 0) is 0 Å². The summed E-state index contributed by atoms with van der Waals surface area (Å²) in [6.45, 7) is 7.71. The predicted molar refractivity (Wildman–Crippen MR) is 94.4 cm³/mol. The lowest BCUT2D eigenvalue weighted by molar-refractivity contribution is 0.143. The highest BCUT2D eigenvalue weighted by molar-refractivity contribution is 9.10. The molecule has 22 heavy (non-hydrogen) atoms. The molecule has 0 unspecified atom stereocenters. The Morgan fingerprint density at radius 1 is 1.32 bits per heavy atom. The van der Waals surface area contributed by atoms with Crippen LogP contribution in [0, 0.1) is 22.7 Å². The molecule has 5 heteroatoms.